The number of fused-ring (bicyclic) bond motifs is 2. The van der Waals surface area contributed by atoms with Crippen LogP contribution < -0.4 is 5.32 Å². The zero-order chi connectivity index (χ0) is 17.2. The first-order valence-corrected chi connectivity index (χ1v) is 8.46. The van der Waals surface area contributed by atoms with Crippen LogP contribution in [0.3, 0.4) is 0 Å². The molecule has 0 atom stereocenters. The second-order valence-corrected chi connectivity index (χ2v) is 6.20. The van der Waals surface area contributed by atoms with Crippen LogP contribution in [-0.4, -0.2) is 34.8 Å². The van der Waals surface area contributed by atoms with Crippen molar-refractivity contribution >= 4 is 17.0 Å². The van der Waals surface area contributed by atoms with E-state index in [0.29, 0.717) is 36.6 Å². The Labute approximate surface area is 144 Å². The van der Waals surface area contributed by atoms with Crippen molar-refractivity contribution in [3.05, 3.63) is 46.6 Å². The topological polar surface area (TPSA) is 93.0 Å². The Hall–Kier alpha value is -2.67. The molecule has 0 radical (unpaired) electrons. The summed E-state index contributed by atoms with van der Waals surface area (Å²) in [7, 11) is 1.64. The van der Waals surface area contributed by atoms with Crippen molar-refractivity contribution in [1.82, 2.24) is 20.5 Å². The smallest absolute Gasteiger partial charge is 0.251 e. The molecule has 0 saturated carbocycles. The maximum Gasteiger partial charge on any atom is 0.251 e. The molecule has 0 unspecified atom stereocenters. The fourth-order valence-corrected chi connectivity index (χ4v) is 3.21. The van der Waals surface area contributed by atoms with Gasteiger partial charge in [0.15, 0.2) is 11.5 Å². The van der Waals surface area contributed by atoms with E-state index in [1.54, 1.807) is 25.3 Å². The molecule has 0 saturated heterocycles. The number of nitrogens with zero attached hydrogens (tertiary/aromatic N) is 2. The molecular weight excluding hydrogens is 320 g/mol. The molecule has 2 N–H and O–H groups in total. The highest BCUT2D eigenvalue weighted by Crippen LogP contribution is 2.23. The standard InChI is InChI=1S/C18H20N4O3/c1-24-8-7-17-20-14-6-5-11(9-16(14)25-17)18(23)19-10-15-12-3-2-4-13(12)21-22-15/h5-6,9H,2-4,7-8,10H2,1H3,(H,19,23)(H,21,22). The molecule has 2 aromatic heterocycles. The number of amides is 1. The number of H-pyrrole nitrogens is 1. The number of hydrogen-bond acceptors (Lipinski definition) is 5. The van der Waals surface area contributed by atoms with Crippen LogP contribution in [0.2, 0.25) is 0 Å². The highest BCUT2D eigenvalue weighted by atomic mass is 16.5. The number of carbonyl (C=O) groups is 1. The minimum absolute atomic E-state index is 0.147. The monoisotopic (exact) mass is 340 g/mol. The Morgan fingerprint density at radius 2 is 2.32 bits per heavy atom. The minimum atomic E-state index is -0.147. The van der Waals surface area contributed by atoms with Gasteiger partial charge >= 0.3 is 0 Å². The van der Waals surface area contributed by atoms with Gasteiger partial charge in [-0.25, -0.2) is 4.98 Å². The SMILES string of the molecule is COCCc1nc2ccc(C(=O)NCc3n[nH]c4c3CCC4)cc2o1. The number of hydrogen-bond donors (Lipinski definition) is 2. The summed E-state index contributed by atoms with van der Waals surface area (Å²) in [5.41, 5.74) is 5.30. The predicted molar refractivity (Wildman–Crippen MR) is 91.4 cm³/mol. The van der Waals surface area contributed by atoms with Crippen molar-refractivity contribution in [3.63, 3.8) is 0 Å². The number of aromatic nitrogens is 3. The highest BCUT2D eigenvalue weighted by Gasteiger charge is 2.19. The van der Waals surface area contributed by atoms with Crippen LogP contribution in [0, 0.1) is 0 Å². The van der Waals surface area contributed by atoms with Gasteiger partial charge in [-0.1, -0.05) is 0 Å². The molecule has 7 nitrogen and oxygen atoms in total. The fourth-order valence-electron chi connectivity index (χ4n) is 3.21. The van der Waals surface area contributed by atoms with Crippen molar-refractivity contribution < 1.29 is 13.9 Å². The summed E-state index contributed by atoms with van der Waals surface area (Å²) in [6.45, 7) is 0.979. The molecule has 1 aromatic carbocycles. The lowest BCUT2D eigenvalue weighted by Gasteiger charge is -2.04. The third-order valence-electron chi connectivity index (χ3n) is 4.52. The number of methoxy groups -OCH3 is 1. The van der Waals surface area contributed by atoms with Crippen LogP contribution in [0.15, 0.2) is 22.6 Å². The molecule has 1 amide bonds. The molecule has 130 valence electrons. The maximum atomic E-state index is 12.4. The van der Waals surface area contributed by atoms with Crippen LogP contribution in [0.5, 0.6) is 0 Å². The Bertz CT molecular complexity index is 912. The first kappa shape index (κ1) is 15.8. The lowest BCUT2D eigenvalue weighted by atomic mass is 10.1. The highest BCUT2D eigenvalue weighted by molar-refractivity contribution is 5.96. The first-order valence-electron chi connectivity index (χ1n) is 8.46. The lowest BCUT2D eigenvalue weighted by molar-refractivity contribution is 0.0950. The predicted octanol–water partition coefficient (Wildman–Crippen LogP) is 2.16. The number of aryl methyl sites for hydroxylation is 1. The number of carbonyl (C=O) groups excluding carboxylic acids is 1. The molecule has 0 fully saturated rings. The Kier molecular flexibility index (Phi) is 4.23. The van der Waals surface area contributed by atoms with E-state index in [2.05, 4.69) is 20.5 Å². The van der Waals surface area contributed by atoms with E-state index in [1.807, 2.05) is 0 Å². The molecule has 1 aliphatic carbocycles. The number of nitrogens with one attached hydrogen (secondary N) is 2. The van der Waals surface area contributed by atoms with E-state index in [-0.39, 0.29) is 5.91 Å². The largest absolute Gasteiger partial charge is 0.441 e. The van der Waals surface area contributed by atoms with Gasteiger partial charge in [0.25, 0.3) is 5.91 Å². The van der Waals surface area contributed by atoms with Gasteiger partial charge in [-0.05, 0) is 43.0 Å². The van der Waals surface area contributed by atoms with Crippen LogP contribution in [0.4, 0.5) is 0 Å². The van der Waals surface area contributed by atoms with Crippen molar-refractivity contribution in [2.45, 2.75) is 32.2 Å². The van der Waals surface area contributed by atoms with Crippen LogP contribution >= 0.6 is 0 Å². The summed E-state index contributed by atoms with van der Waals surface area (Å²) >= 11 is 0. The quantitative estimate of drug-likeness (QED) is 0.717. The second-order valence-electron chi connectivity index (χ2n) is 6.20. The minimum Gasteiger partial charge on any atom is -0.441 e. The summed E-state index contributed by atoms with van der Waals surface area (Å²) in [5, 5.41) is 10.3. The molecule has 7 heteroatoms. The number of aromatic amines is 1. The molecule has 25 heavy (non-hydrogen) atoms. The number of oxazole rings is 1. The van der Waals surface area contributed by atoms with E-state index >= 15 is 0 Å². The van der Waals surface area contributed by atoms with Gasteiger partial charge in [-0.2, -0.15) is 5.10 Å². The van der Waals surface area contributed by atoms with Crippen LogP contribution in [0.25, 0.3) is 11.1 Å². The molecule has 2 heterocycles. The number of rotatable bonds is 6. The van der Waals surface area contributed by atoms with Crippen LogP contribution in [-0.2, 0) is 30.5 Å². The van der Waals surface area contributed by atoms with Gasteiger partial charge in [-0.3, -0.25) is 9.89 Å². The van der Waals surface area contributed by atoms with Gasteiger partial charge < -0.3 is 14.5 Å². The summed E-state index contributed by atoms with van der Waals surface area (Å²) in [6.07, 6.45) is 3.84. The third kappa shape index (κ3) is 3.15. The van der Waals surface area contributed by atoms with E-state index in [1.165, 1.54) is 11.3 Å². The third-order valence-corrected chi connectivity index (χ3v) is 4.52. The summed E-state index contributed by atoms with van der Waals surface area (Å²) in [4.78, 5) is 16.8. The van der Waals surface area contributed by atoms with Gasteiger partial charge in [0.1, 0.15) is 5.52 Å². The summed E-state index contributed by atoms with van der Waals surface area (Å²) in [6, 6.07) is 5.29. The average molecular weight is 340 g/mol. The zero-order valence-corrected chi connectivity index (χ0v) is 14.1. The van der Waals surface area contributed by atoms with Gasteiger partial charge in [-0.15, -0.1) is 0 Å². The molecular formula is C18H20N4O3. The van der Waals surface area contributed by atoms with E-state index in [4.69, 9.17) is 9.15 Å². The summed E-state index contributed by atoms with van der Waals surface area (Å²) < 4.78 is 10.7. The van der Waals surface area contributed by atoms with E-state index in [0.717, 1.165) is 30.5 Å². The normalized spacial score (nSPS) is 13.3. The Morgan fingerprint density at radius 1 is 1.40 bits per heavy atom. The second kappa shape index (κ2) is 6.68. The number of benzene rings is 1. The maximum absolute atomic E-state index is 12.4. The molecule has 3 aromatic rings. The van der Waals surface area contributed by atoms with Crippen molar-refractivity contribution in [3.8, 4) is 0 Å². The van der Waals surface area contributed by atoms with Crippen molar-refractivity contribution in [2.75, 3.05) is 13.7 Å². The Morgan fingerprint density at radius 3 is 3.20 bits per heavy atom. The van der Waals surface area contributed by atoms with Gasteiger partial charge in [0, 0.05) is 24.8 Å². The Balaban J connectivity index is 1.45. The fraction of sp³-hybridized carbons (Fsp3) is 0.389. The van der Waals surface area contributed by atoms with E-state index < -0.39 is 0 Å². The molecule has 0 spiro atoms. The average Bonchev–Trinajstić information content (AvgIpc) is 3.32. The van der Waals surface area contributed by atoms with Crippen LogP contribution in [0.1, 0.15) is 39.6 Å². The number of ether oxygens (including phenoxy) is 1. The first-order chi connectivity index (χ1) is 12.2. The zero-order valence-electron chi connectivity index (χ0n) is 14.1. The van der Waals surface area contributed by atoms with Gasteiger partial charge in [0.2, 0.25) is 0 Å². The molecule has 0 aliphatic heterocycles. The van der Waals surface area contributed by atoms with Gasteiger partial charge in [0.05, 0.1) is 18.8 Å². The van der Waals surface area contributed by atoms with Crippen molar-refractivity contribution in [1.29, 1.82) is 0 Å². The van der Waals surface area contributed by atoms with E-state index in [9.17, 15) is 4.79 Å². The molecule has 4 rings (SSSR count). The summed E-state index contributed by atoms with van der Waals surface area (Å²) in [5.74, 6) is 0.466. The lowest BCUT2D eigenvalue weighted by Crippen LogP contribution is -2.23. The molecule has 1 aliphatic rings. The van der Waals surface area contributed by atoms with Crippen molar-refractivity contribution in [2.24, 2.45) is 0 Å². The molecule has 0 bridgehead atoms.